The van der Waals surface area contributed by atoms with Crippen LogP contribution in [-0.4, -0.2) is 83.5 Å². The highest BCUT2D eigenvalue weighted by Crippen LogP contribution is 2.26. The first-order valence-corrected chi connectivity index (χ1v) is 11.5. The molecule has 2 heterocycles. The van der Waals surface area contributed by atoms with Gasteiger partial charge < -0.3 is 15.0 Å². The summed E-state index contributed by atoms with van der Waals surface area (Å²) < 4.78 is 5.20. The van der Waals surface area contributed by atoms with Crippen LogP contribution in [0.4, 0.5) is 10.5 Å². The summed E-state index contributed by atoms with van der Waals surface area (Å²) in [5.74, 6) is 0.284. The van der Waals surface area contributed by atoms with E-state index in [0.29, 0.717) is 24.4 Å². The van der Waals surface area contributed by atoms with Gasteiger partial charge in [-0.15, -0.1) is 0 Å². The molecule has 1 aromatic carbocycles. The van der Waals surface area contributed by atoms with Crippen molar-refractivity contribution in [3.8, 4) is 0 Å². The van der Waals surface area contributed by atoms with E-state index in [1.165, 1.54) is 12.1 Å². The quantitative estimate of drug-likeness (QED) is 0.267. The van der Waals surface area contributed by atoms with Crippen molar-refractivity contribution < 1.29 is 19.2 Å². The normalized spacial score (nSPS) is 24.7. The summed E-state index contributed by atoms with van der Waals surface area (Å²) in [4.78, 5) is 43.5. The third-order valence-corrected chi connectivity index (χ3v) is 6.73. The molecule has 180 valence electrons. The zero-order valence-corrected chi connectivity index (χ0v) is 20.0. The lowest BCUT2D eigenvalue weighted by Gasteiger charge is -2.26. The van der Waals surface area contributed by atoms with E-state index in [2.05, 4.69) is 27.8 Å². The number of likely N-dealkylation sites (N-methyl/N-ethyl adjacent to an activating group) is 1. The van der Waals surface area contributed by atoms with Gasteiger partial charge in [0.2, 0.25) is 5.91 Å². The van der Waals surface area contributed by atoms with Crippen molar-refractivity contribution in [2.45, 2.75) is 43.7 Å². The number of carbonyl (C=O) groups excluding carboxylic acids is 2. The van der Waals surface area contributed by atoms with Crippen LogP contribution >= 0.6 is 12.6 Å². The molecule has 0 bridgehead atoms. The maximum absolute atomic E-state index is 13.0. The molecule has 3 rings (SSSR count). The minimum absolute atomic E-state index is 0.0232. The van der Waals surface area contributed by atoms with Crippen LogP contribution in [-0.2, 0) is 16.1 Å². The van der Waals surface area contributed by atoms with Crippen LogP contribution in [0.25, 0.3) is 0 Å². The molecule has 0 aromatic heterocycles. The van der Waals surface area contributed by atoms with Crippen LogP contribution < -0.4 is 5.32 Å². The monoisotopic (exact) mass is 477 g/mol. The van der Waals surface area contributed by atoms with E-state index in [-0.39, 0.29) is 41.5 Å². The number of amides is 2. The molecule has 1 aromatic rings. The van der Waals surface area contributed by atoms with Gasteiger partial charge in [-0.25, -0.2) is 4.79 Å². The molecule has 33 heavy (non-hydrogen) atoms. The number of rotatable bonds is 7. The summed E-state index contributed by atoms with van der Waals surface area (Å²) in [6.07, 6.45) is 0.864. The zero-order valence-electron chi connectivity index (χ0n) is 19.1. The number of hydrogen-bond acceptors (Lipinski definition) is 8. The Morgan fingerprint density at radius 2 is 2.03 bits per heavy atom. The molecule has 2 aliphatic heterocycles. The van der Waals surface area contributed by atoms with Gasteiger partial charge in [0.1, 0.15) is 6.61 Å². The third-order valence-electron chi connectivity index (χ3n) is 6.36. The Morgan fingerprint density at radius 1 is 1.33 bits per heavy atom. The maximum atomic E-state index is 13.0. The summed E-state index contributed by atoms with van der Waals surface area (Å²) in [7, 11) is 3.77. The predicted molar refractivity (Wildman–Crippen MR) is 128 cm³/mol. The number of hydrogen-bond donors (Lipinski definition) is 2. The second-order valence-electron chi connectivity index (χ2n) is 8.68. The molecule has 0 saturated carbocycles. The van der Waals surface area contributed by atoms with Gasteiger partial charge in [-0.3, -0.25) is 19.8 Å². The van der Waals surface area contributed by atoms with Crippen LogP contribution in [0.1, 0.15) is 25.3 Å². The molecule has 2 aliphatic rings. The highest BCUT2D eigenvalue weighted by atomic mass is 32.1. The molecule has 4 atom stereocenters. The number of nitrogens with one attached hydrogen (secondary N) is 1. The molecule has 2 fully saturated rings. The Kier molecular flexibility index (Phi) is 8.44. The number of nitrogens with zero attached hydrogens (tertiary/aromatic N) is 4. The molecule has 1 N–H and O–H groups in total. The van der Waals surface area contributed by atoms with Crippen molar-refractivity contribution in [1.82, 2.24) is 15.1 Å². The second-order valence-corrected chi connectivity index (χ2v) is 9.41. The zero-order chi connectivity index (χ0) is 24.1. The Labute approximate surface area is 198 Å². The number of aliphatic imine (C=N–C) groups is 1. The van der Waals surface area contributed by atoms with Gasteiger partial charge in [0.15, 0.2) is 0 Å². The van der Waals surface area contributed by atoms with Crippen molar-refractivity contribution in [2.75, 3.05) is 33.7 Å². The number of likely N-dealkylation sites (tertiary alicyclic amines) is 2. The van der Waals surface area contributed by atoms with Gasteiger partial charge in [0.05, 0.1) is 11.0 Å². The topological polar surface area (TPSA) is 117 Å². The summed E-state index contributed by atoms with van der Waals surface area (Å²) in [6, 6.07) is 5.53. The lowest BCUT2D eigenvalue weighted by molar-refractivity contribution is -0.384. The highest BCUT2D eigenvalue weighted by molar-refractivity contribution is 7.81. The number of thiol groups is 1. The molecule has 11 heteroatoms. The van der Waals surface area contributed by atoms with Crippen LogP contribution in [0.5, 0.6) is 0 Å². The van der Waals surface area contributed by atoms with Gasteiger partial charge >= 0.3 is 6.09 Å². The van der Waals surface area contributed by atoms with Gasteiger partial charge in [0.25, 0.3) is 5.69 Å². The Balaban J connectivity index is 1.54. The van der Waals surface area contributed by atoms with Gasteiger partial charge in [-0.2, -0.15) is 17.6 Å². The number of ether oxygens (including phenoxy) is 1. The molecule has 1 unspecified atom stereocenters. The number of nitro groups is 1. The smallest absolute Gasteiger partial charge is 0.433 e. The maximum Gasteiger partial charge on any atom is 0.433 e. The number of carbonyl (C=O) groups is 2. The van der Waals surface area contributed by atoms with E-state index >= 15 is 0 Å². The van der Waals surface area contributed by atoms with Gasteiger partial charge in [-0.05, 0) is 57.5 Å². The second kappa shape index (κ2) is 11.1. The lowest BCUT2D eigenvalue weighted by Crippen LogP contribution is -2.45. The SMILES string of the molecule is CNC(C(C)=NC(=O)OCc1ccc([N+](=O)[O-])cc1)[C@H]1CCN(C(=O)[C@@H]2C[C@H](S)CN2C)C1. The first-order valence-electron chi connectivity index (χ1n) is 11.0. The first kappa shape index (κ1) is 25.1. The highest BCUT2D eigenvalue weighted by Gasteiger charge is 2.39. The average Bonchev–Trinajstić information content (AvgIpc) is 3.39. The van der Waals surface area contributed by atoms with E-state index in [9.17, 15) is 19.7 Å². The van der Waals surface area contributed by atoms with Crippen molar-refractivity contribution in [3.63, 3.8) is 0 Å². The largest absolute Gasteiger partial charge is 0.443 e. The van der Waals surface area contributed by atoms with Crippen LogP contribution in [0.15, 0.2) is 29.3 Å². The van der Waals surface area contributed by atoms with Crippen molar-refractivity contribution >= 4 is 36.0 Å². The summed E-state index contributed by atoms with van der Waals surface area (Å²) in [5.41, 5.74) is 1.21. The van der Waals surface area contributed by atoms with Crippen LogP contribution in [0.3, 0.4) is 0 Å². The fraction of sp³-hybridized carbons (Fsp3) is 0.591. The minimum Gasteiger partial charge on any atom is -0.443 e. The summed E-state index contributed by atoms with van der Waals surface area (Å²) >= 11 is 4.52. The Morgan fingerprint density at radius 3 is 2.61 bits per heavy atom. The van der Waals surface area contributed by atoms with E-state index in [0.717, 1.165) is 19.4 Å². The van der Waals surface area contributed by atoms with E-state index in [1.54, 1.807) is 19.1 Å². The molecule has 0 aliphatic carbocycles. The summed E-state index contributed by atoms with van der Waals surface area (Å²) in [5, 5.41) is 14.2. The summed E-state index contributed by atoms with van der Waals surface area (Å²) in [6.45, 7) is 3.85. The van der Waals surface area contributed by atoms with Crippen LogP contribution in [0.2, 0.25) is 0 Å². The van der Waals surface area contributed by atoms with E-state index in [1.807, 2.05) is 19.0 Å². The number of nitro benzene ring substituents is 1. The third kappa shape index (κ3) is 6.30. The van der Waals surface area contributed by atoms with E-state index < -0.39 is 11.0 Å². The Hall–Kier alpha value is -2.50. The molecule has 0 spiro atoms. The van der Waals surface area contributed by atoms with Gasteiger partial charge in [0, 0.05) is 48.8 Å². The van der Waals surface area contributed by atoms with Crippen molar-refractivity contribution in [3.05, 3.63) is 39.9 Å². The first-order chi connectivity index (χ1) is 15.7. The predicted octanol–water partition coefficient (Wildman–Crippen LogP) is 2.13. The standard InChI is InChI=1S/C22H31N5O5S/c1-14(24-22(29)32-13-15-4-6-17(7-5-15)27(30)31)20(23-2)16-8-9-26(11-16)21(28)19-10-18(33)12-25(19)3/h4-7,16,18-20,23,33H,8-13H2,1-3H3/t16-,18-,19-,20?/m0/s1. The van der Waals surface area contributed by atoms with Crippen molar-refractivity contribution in [2.24, 2.45) is 10.9 Å². The molecule has 0 radical (unpaired) electrons. The molecular formula is C22H31N5O5S. The number of non-ortho nitro benzene ring substituents is 1. The molecule has 2 saturated heterocycles. The molecular weight excluding hydrogens is 446 g/mol. The molecule has 2 amide bonds. The van der Waals surface area contributed by atoms with Crippen LogP contribution in [0, 0.1) is 16.0 Å². The lowest BCUT2D eigenvalue weighted by atomic mass is 9.95. The fourth-order valence-electron chi connectivity index (χ4n) is 4.62. The number of benzene rings is 1. The Bertz CT molecular complexity index is 909. The fourth-order valence-corrected chi connectivity index (χ4v) is 5.08. The molecule has 10 nitrogen and oxygen atoms in total. The van der Waals surface area contributed by atoms with Crippen molar-refractivity contribution in [1.29, 1.82) is 0 Å². The average molecular weight is 478 g/mol. The van der Waals surface area contributed by atoms with E-state index in [4.69, 9.17) is 4.74 Å². The van der Waals surface area contributed by atoms with Gasteiger partial charge in [-0.1, -0.05) is 0 Å². The minimum atomic E-state index is -0.718.